The van der Waals surface area contributed by atoms with Crippen LogP contribution in [0.2, 0.25) is 0 Å². The maximum atomic E-state index is 12.2. The van der Waals surface area contributed by atoms with Gasteiger partial charge in [-0.1, -0.05) is 6.07 Å². The van der Waals surface area contributed by atoms with Gasteiger partial charge in [0.2, 0.25) is 0 Å². The van der Waals surface area contributed by atoms with Crippen LogP contribution in [-0.4, -0.2) is 19.0 Å². The molecule has 0 atom stereocenters. The van der Waals surface area contributed by atoms with Crippen LogP contribution in [0.4, 0.5) is 5.69 Å². The zero-order valence-electron chi connectivity index (χ0n) is 11.7. The molecule has 0 radical (unpaired) electrons. The van der Waals surface area contributed by atoms with Crippen molar-refractivity contribution in [1.82, 2.24) is 0 Å². The molecule has 0 saturated carbocycles. The third kappa shape index (κ3) is 3.87. The van der Waals surface area contributed by atoms with Crippen LogP contribution in [0.15, 0.2) is 53.4 Å². The number of nitriles is 1. The molecule has 0 aliphatic heterocycles. The largest absolute Gasteiger partial charge is 0.465 e. The number of nitrogens with zero attached hydrogens (tertiary/aromatic N) is 1. The van der Waals surface area contributed by atoms with Gasteiger partial charge in [0.25, 0.3) is 5.91 Å². The van der Waals surface area contributed by atoms with Crippen molar-refractivity contribution in [1.29, 1.82) is 5.26 Å². The minimum absolute atomic E-state index is 0.316. The number of nitrogens with one attached hydrogen (secondary N) is 1. The molecular weight excluding hydrogens is 300 g/mol. The first-order valence-electron chi connectivity index (χ1n) is 6.30. The van der Waals surface area contributed by atoms with Crippen molar-refractivity contribution in [2.45, 2.75) is 4.90 Å². The van der Waals surface area contributed by atoms with E-state index in [1.54, 1.807) is 42.5 Å². The van der Waals surface area contributed by atoms with Gasteiger partial charge >= 0.3 is 5.97 Å². The van der Waals surface area contributed by atoms with Crippen LogP contribution in [0.3, 0.4) is 0 Å². The molecule has 0 aromatic heterocycles. The highest BCUT2D eigenvalue weighted by Crippen LogP contribution is 2.19. The number of thiocyanates is 1. The summed E-state index contributed by atoms with van der Waals surface area (Å²) < 4.78 is 4.63. The summed E-state index contributed by atoms with van der Waals surface area (Å²) >= 11 is 1.05. The average molecular weight is 312 g/mol. The number of hydrogen-bond acceptors (Lipinski definition) is 5. The zero-order chi connectivity index (χ0) is 15.9. The fourth-order valence-electron chi connectivity index (χ4n) is 1.77. The first-order chi connectivity index (χ1) is 10.6. The smallest absolute Gasteiger partial charge is 0.337 e. The Morgan fingerprint density at radius 3 is 2.45 bits per heavy atom. The summed E-state index contributed by atoms with van der Waals surface area (Å²) in [5, 5.41) is 13.3. The quantitative estimate of drug-likeness (QED) is 0.532. The topological polar surface area (TPSA) is 79.2 Å². The number of methoxy groups -OCH3 is 1. The monoisotopic (exact) mass is 312 g/mol. The van der Waals surface area contributed by atoms with Crippen LogP contribution in [0.5, 0.6) is 0 Å². The molecule has 0 bridgehead atoms. The lowest BCUT2D eigenvalue weighted by Crippen LogP contribution is -2.13. The number of esters is 1. The van der Waals surface area contributed by atoms with Crippen LogP contribution in [-0.2, 0) is 4.74 Å². The van der Waals surface area contributed by atoms with Crippen molar-refractivity contribution in [2.24, 2.45) is 0 Å². The van der Waals surface area contributed by atoms with E-state index in [4.69, 9.17) is 5.26 Å². The Balaban J connectivity index is 2.12. The average Bonchev–Trinajstić information content (AvgIpc) is 2.56. The summed E-state index contributed by atoms with van der Waals surface area (Å²) in [5.41, 5.74) is 1.28. The number of thioether (sulfide) groups is 1. The van der Waals surface area contributed by atoms with Gasteiger partial charge in [-0.3, -0.25) is 4.79 Å². The molecule has 1 N–H and O–H groups in total. The highest BCUT2D eigenvalue weighted by molar-refractivity contribution is 8.03. The van der Waals surface area contributed by atoms with Crippen molar-refractivity contribution >= 4 is 29.3 Å². The SMILES string of the molecule is COC(=O)c1cccc(C(=O)Nc2ccc(SC#N)cc2)c1. The van der Waals surface area contributed by atoms with E-state index in [0.717, 1.165) is 16.7 Å². The van der Waals surface area contributed by atoms with Gasteiger partial charge in [-0.2, -0.15) is 5.26 Å². The van der Waals surface area contributed by atoms with Gasteiger partial charge in [0.15, 0.2) is 0 Å². The maximum absolute atomic E-state index is 12.2. The number of anilines is 1. The Morgan fingerprint density at radius 2 is 1.82 bits per heavy atom. The molecule has 2 rings (SSSR count). The second kappa shape index (κ2) is 7.29. The highest BCUT2D eigenvalue weighted by Gasteiger charge is 2.10. The van der Waals surface area contributed by atoms with Crippen molar-refractivity contribution in [2.75, 3.05) is 12.4 Å². The molecule has 2 aromatic carbocycles. The number of ether oxygens (including phenoxy) is 1. The van der Waals surface area contributed by atoms with Gasteiger partial charge in [-0.05, 0) is 54.2 Å². The lowest BCUT2D eigenvalue weighted by molar-refractivity contribution is 0.0600. The Labute approximate surface area is 131 Å². The highest BCUT2D eigenvalue weighted by atomic mass is 32.2. The van der Waals surface area contributed by atoms with Crippen molar-refractivity contribution in [3.05, 3.63) is 59.7 Å². The molecule has 0 aliphatic carbocycles. The standard InChI is InChI=1S/C16H12N2O3S/c1-21-16(20)12-4-2-3-11(9-12)15(19)18-13-5-7-14(8-6-13)22-10-17/h2-9H,1H3,(H,18,19). The van der Waals surface area contributed by atoms with Gasteiger partial charge in [0.05, 0.1) is 12.7 Å². The lowest BCUT2D eigenvalue weighted by Gasteiger charge is -2.07. The molecule has 0 saturated heterocycles. The Bertz CT molecular complexity index is 736. The molecule has 110 valence electrons. The van der Waals surface area contributed by atoms with Crippen molar-refractivity contribution < 1.29 is 14.3 Å². The summed E-state index contributed by atoms with van der Waals surface area (Å²) in [5.74, 6) is -0.820. The molecule has 0 unspecified atom stereocenters. The van der Waals surface area contributed by atoms with Gasteiger partial charge in [0.1, 0.15) is 5.40 Å². The summed E-state index contributed by atoms with van der Waals surface area (Å²) in [6.07, 6.45) is 0. The first-order valence-corrected chi connectivity index (χ1v) is 7.11. The van der Waals surface area contributed by atoms with E-state index in [1.807, 2.05) is 5.40 Å². The third-order valence-electron chi connectivity index (χ3n) is 2.82. The molecule has 2 aromatic rings. The van der Waals surface area contributed by atoms with E-state index in [1.165, 1.54) is 13.2 Å². The fourth-order valence-corrected chi connectivity index (χ4v) is 2.15. The minimum Gasteiger partial charge on any atom is -0.465 e. The summed E-state index contributed by atoms with van der Waals surface area (Å²) in [4.78, 5) is 24.4. The molecule has 5 nitrogen and oxygen atoms in total. The van der Waals surface area contributed by atoms with Gasteiger partial charge < -0.3 is 10.1 Å². The van der Waals surface area contributed by atoms with Crippen molar-refractivity contribution in [3.8, 4) is 5.40 Å². The van der Waals surface area contributed by atoms with E-state index in [9.17, 15) is 9.59 Å². The van der Waals surface area contributed by atoms with Crippen LogP contribution < -0.4 is 5.32 Å². The number of carbonyl (C=O) groups is 2. The first kappa shape index (κ1) is 15.6. The number of amides is 1. The molecule has 22 heavy (non-hydrogen) atoms. The molecule has 6 heteroatoms. The predicted octanol–water partition coefficient (Wildman–Crippen LogP) is 3.30. The second-order valence-electron chi connectivity index (χ2n) is 4.24. The maximum Gasteiger partial charge on any atom is 0.337 e. The van der Waals surface area contributed by atoms with E-state index in [-0.39, 0.29) is 5.91 Å². The van der Waals surface area contributed by atoms with Crippen molar-refractivity contribution in [3.63, 3.8) is 0 Å². The second-order valence-corrected chi connectivity index (χ2v) is 5.10. The zero-order valence-corrected chi connectivity index (χ0v) is 12.5. The van der Waals surface area contributed by atoms with Crippen LogP contribution in [0.25, 0.3) is 0 Å². The Morgan fingerprint density at radius 1 is 1.14 bits per heavy atom. The number of carbonyl (C=O) groups excluding carboxylic acids is 2. The van der Waals surface area contributed by atoms with E-state index in [2.05, 4.69) is 10.1 Å². The van der Waals surface area contributed by atoms with Gasteiger partial charge in [0, 0.05) is 16.1 Å². The summed E-state index contributed by atoms with van der Waals surface area (Å²) in [7, 11) is 1.29. The van der Waals surface area contributed by atoms with Gasteiger partial charge in [-0.15, -0.1) is 0 Å². The minimum atomic E-state index is -0.493. The van der Waals surface area contributed by atoms with Crippen LogP contribution in [0, 0.1) is 10.7 Å². The number of benzene rings is 2. The predicted molar refractivity (Wildman–Crippen MR) is 83.6 cm³/mol. The third-order valence-corrected chi connectivity index (χ3v) is 3.42. The molecule has 0 fully saturated rings. The number of hydrogen-bond donors (Lipinski definition) is 1. The molecular formula is C16H12N2O3S. The Kier molecular flexibility index (Phi) is 5.17. The summed E-state index contributed by atoms with van der Waals surface area (Å²) in [6, 6.07) is 13.2. The molecule has 1 amide bonds. The van der Waals surface area contributed by atoms with E-state index >= 15 is 0 Å². The molecule has 0 spiro atoms. The Hall–Kier alpha value is -2.78. The summed E-state index contributed by atoms with van der Waals surface area (Å²) in [6.45, 7) is 0. The molecule has 0 heterocycles. The van der Waals surface area contributed by atoms with E-state index < -0.39 is 5.97 Å². The normalized spacial score (nSPS) is 9.64. The molecule has 0 aliphatic rings. The lowest BCUT2D eigenvalue weighted by atomic mass is 10.1. The number of rotatable bonds is 4. The van der Waals surface area contributed by atoms with E-state index in [0.29, 0.717) is 16.8 Å². The van der Waals surface area contributed by atoms with Gasteiger partial charge in [-0.25, -0.2) is 4.79 Å². The van der Waals surface area contributed by atoms with Crippen LogP contribution >= 0.6 is 11.8 Å². The van der Waals surface area contributed by atoms with Crippen LogP contribution in [0.1, 0.15) is 20.7 Å². The fraction of sp³-hybridized carbons (Fsp3) is 0.0625.